The molecule has 0 fully saturated rings. The van der Waals surface area contributed by atoms with E-state index >= 15 is 0 Å². The van der Waals surface area contributed by atoms with Gasteiger partial charge in [-0.2, -0.15) is 5.10 Å². The summed E-state index contributed by atoms with van der Waals surface area (Å²) in [6.07, 6.45) is 0. The predicted octanol–water partition coefficient (Wildman–Crippen LogP) is 6.64. The highest BCUT2D eigenvalue weighted by molar-refractivity contribution is 6.10. The van der Waals surface area contributed by atoms with Gasteiger partial charge in [-0.1, -0.05) is 78.9 Å². The third kappa shape index (κ3) is 5.18. The Morgan fingerprint density at radius 3 is 1.89 bits per heavy atom. The number of rotatable bonds is 7. The molecule has 1 heterocycles. The van der Waals surface area contributed by atoms with Gasteiger partial charge in [0.2, 0.25) is 0 Å². The number of amides is 1. The molecule has 4 aromatic carbocycles. The van der Waals surface area contributed by atoms with Crippen molar-refractivity contribution in [2.24, 2.45) is 0 Å². The second-order valence-electron chi connectivity index (χ2n) is 8.35. The topological polar surface area (TPSA) is 73.2 Å². The van der Waals surface area contributed by atoms with Crippen molar-refractivity contribution in [2.45, 2.75) is 13.5 Å². The first-order valence-corrected chi connectivity index (χ1v) is 12.0. The summed E-state index contributed by atoms with van der Waals surface area (Å²) in [5, 5.41) is 7.54. The Kier molecular flexibility index (Phi) is 6.90. The third-order valence-electron chi connectivity index (χ3n) is 5.88. The van der Waals surface area contributed by atoms with Gasteiger partial charge in [0, 0.05) is 23.4 Å². The Morgan fingerprint density at radius 2 is 1.30 bits per heavy atom. The van der Waals surface area contributed by atoms with Gasteiger partial charge in [0.15, 0.2) is 0 Å². The number of anilines is 1. The van der Waals surface area contributed by atoms with Gasteiger partial charge in [0.1, 0.15) is 17.1 Å². The molecular weight excluding hydrogens is 462 g/mol. The zero-order valence-corrected chi connectivity index (χ0v) is 20.3. The molecule has 182 valence electrons. The minimum absolute atomic E-state index is 0.0477. The van der Waals surface area contributed by atoms with Crippen LogP contribution in [-0.4, -0.2) is 15.7 Å². The summed E-state index contributed by atoms with van der Waals surface area (Å²) in [4.78, 5) is 27.2. The molecule has 1 amide bonds. The molecule has 0 saturated carbocycles. The van der Waals surface area contributed by atoms with Crippen LogP contribution >= 0.6 is 0 Å². The molecule has 0 radical (unpaired) electrons. The first kappa shape index (κ1) is 23.8. The SMILES string of the molecule is CCn1nc(-c2ccccc2)c(-c2ccccc2)c(C(=O)Nc2ccc(Oc3ccccc3)cc2)c1=O. The predicted molar refractivity (Wildman–Crippen MR) is 146 cm³/mol. The summed E-state index contributed by atoms with van der Waals surface area (Å²) in [5.41, 5.74) is 2.79. The number of hydrogen-bond acceptors (Lipinski definition) is 4. The van der Waals surface area contributed by atoms with Crippen molar-refractivity contribution in [3.8, 4) is 33.9 Å². The number of hydrogen-bond donors (Lipinski definition) is 1. The second-order valence-corrected chi connectivity index (χ2v) is 8.35. The van der Waals surface area contributed by atoms with Gasteiger partial charge < -0.3 is 10.1 Å². The fourth-order valence-electron chi connectivity index (χ4n) is 4.10. The van der Waals surface area contributed by atoms with Crippen LogP contribution in [0.15, 0.2) is 120 Å². The highest BCUT2D eigenvalue weighted by Crippen LogP contribution is 2.32. The van der Waals surface area contributed by atoms with Crippen LogP contribution < -0.4 is 15.6 Å². The van der Waals surface area contributed by atoms with E-state index in [1.807, 2.05) is 97.9 Å². The van der Waals surface area contributed by atoms with E-state index in [2.05, 4.69) is 10.4 Å². The van der Waals surface area contributed by atoms with E-state index < -0.39 is 11.5 Å². The highest BCUT2D eigenvalue weighted by Gasteiger charge is 2.25. The van der Waals surface area contributed by atoms with E-state index in [1.165, 1.54) is 4.68 Å². The van der Waals surface area contributed by atoms with E-state index in [4.69, 9.17) is 4.74 Å². The maximum absolute atomic E-state index is 13.7. The lowest BCUT2D eigenvalue weighted by atomic mass is 9.95. The van der Waals surface area contributed by atoms with E-state index in [0.717, 1.165) is 16.9 Å². The number of nitrogens with zero attached hydrogens (tertiary/aromatic N) is 2. The van der Waals surface area contributed by atoms with Crippen molar-refractivity contribution in [1.29, 1.82) is 0 Å². The number of aryl methyl sites for hydroxylation is 1. The van der Waals surface area contributed by atoms with Crippen LogP contribution in [0.4, 0.5) is 5.69 Å². The second kappa shape index (κ2) is 10.7. The van der Waals surface area contributed by atoms with Crippen molar-refractivity contribution >= 4 is 11.6 Å². The number of nitrogens with one attached hydrogen (secondary N) is 1. The Labute approximate surface area is 214 Å². The first-order chi connectivity index (χ1) is 18.1. The molecule has 5 rings (SSSR count). The van der Waals surface area contributed by atoms with Crippen molar-refractivity contribution < 1.29 is 9.53 Å². The normalized spacial score (nSPS) is 10.6. The molecule has 37 heavy (non-hydrogen) atoms. The Bertz CT molecular complexity index is 1560. The molecule has 1 aromatic heterocycles. The lowest BCUT2D eigenvalue weighted by Gasteiger charge is -2.17. The van der Waals surface area contributed by atoms with Gasteiger partial charge in [-0.25, -0.2) is 4.68 Å². The van der Waals surface area contributed by atoms with Crippen LogP contribution in [0.3, 0.4) is 0 Å². The van der Waals surface area contributed by atoms with Gasteiger partial charge in [-0.15, -0.1) is 0 Å². The van der Waals surface area contributed by atoms with Crippen LogP contribution in [-0.2, 0) is 6.54 Å². The number of ether oxygens (including phenoxy) is 1. The van der Waals surface area contributed by atoms with Gasteiger partial charge in [-0.3, -0.25) is 9.59 Å². The van der Waals surface area contributed by atoms with Gasteiger partial charge in [-0.05, 0) is 48.9 Å². The highest BCUT2D eigenvalue weighted by atomic mass is 16.5. The van der Waals surface area contributed by atoms with Crippen LogP contribution in [0, 0.1) is 0 Å². The van der Waals surface area contributed by atoms with Crippen molar-refractivity contribution in [3.63, 3.8) is 0 Å². The summed E-state index contributed by atoms with van der Waals surface area (Å²) in [6, 6.07) is 35.5. The fraction of sp³-hybridized carbons (Fsp3) is 0.0645. The zero-order chi connectivity index (χ0) is 25.6. The minimum Gasteiger partial charge on any atom is -0.457 e. The number of aromatic nitrogens is 2. The maximum Gasteiger partial charge on any atom is 0.280 e. The average Bonchev–Trinajstić information content (AvgIpc) is 2.95. The van der Waals surface area contributed by atoms with Crippen molar-refractivity contribution in [3.05, 3.63) is 131 Å². The maximum atomic E-state index is 13.7. The molecule has 6 heteroatoms. The first-order valence-electron chi connectivity index (χ1n) is 12.0. The molecule has 0 aliphatic heterocycles. The van der Waals surface area contributed by atoms with Crippen LogP contribution in [0.2, 0.25) is 0 Å². The summed E-state index contributed by atoms with van der Waals surface area (Å²) >= 11 is 0. The molecule has 5 aromatic rings. The number of para-hydroxylation sites is 1. The van der Waals surface area contributed by atoms with E-state index in [0.29, 0.717) is 29.2 Å². The molecule has 6 nitrogen and oxygen atoms in total. The smallest absolute Gasteiger partial charge is 0.280 e. The summed E-state index contributed by atoms with van der Waals surface area (Å²) in [6.45, 7) is 2.16. The van der Waals surface area contributed by atoms with E-state index in [9.17, 15) is 9.59 Å². The lowest BCUT2D eigenvalue weighted by molar-refractivity contribution is 0.102. The number of carbonyl (C=O) groups excluding carboxylic acids is 1. The lowest BCUT2D eigenvalue weighted by Crippen LogP contribution is -2.32. The molecule has 0 bridgehead atoms. The molecule has 0 saturated heterocycles. The van der Waals surface area contributed by atoms with Gasteiger partial charge in [0.25, 0.3) is 11.5 Å². The van der Waals surface area contributed by atoms with Gasteiger partial charge in [0.05, 0.1) is 5.69 Å². The summed E-state index contributed by atoms with van der Waals surface area (Å²) in [7, 11) is 0. The molecular formula is C31H25N3O3. The Morgan fingerprint density at radius 1 is 0.757 bits per heavy atom. The molecule has 0 spiro atoms. The van der Waals surface area contributed by atoms with E-state index in [-0.39, 0.29) is 5.56 Å². The van der Waals surface area contributed by atoms with Gasteiger partial charge >= 0.3 is 0 Å². The van der Waals surface area contributed by atoms with Crippen LogP contribution in [0.25, 0.3) is 22.4 Å². The monoisotopic (exact) mass is 487 g/mol. The quantitative estimate of drug-likeness (QED) is 0.279. The standard InChI is InChI=1S/C31H25N3O3/c1-2-34-31(36)28(27(22-12-6-3-7-13-22)29(33-34)23-14-8-4-9-15-23)30(35)32-24-18-20-26(21-19-24)37-25-16-10-5-11-17-25/h3-21H,2H2,1H3,(H,32,35). The average molecular weight is 488 g/mol. The van der Waals surface area contributed by atoms with Crippen LogP contribution in [0.5, 0.6) is 11.5 Å². The zero-order valence-electron chi connectivity index (χ0n) is 20.3. The minimum atomic E-state index is -0.498. The molecule has 0 atom stereocenters. The van der Waals surface area contributed by atoms with Crippen LogP contribution in [0.1, 0.15) is 17.3 Å². The van der Waals surface area contributed by atoms with Crippen molar-refractivity contribution in [1.82, 2.24) is 9.78 Å². The molecule has 0 aliphatic carbocycles. The number of carbonyl (C=O) groups is 1. The molecule has 0 aliphatic rings. The largest absolute Gasteiger partial charge is 0.457 e. The summed E-state index contributed by atoms with van der Waals surface area (Å²) in [5.74, 6) is 0.859. The molecule has 0 unspecified atom stereocenters. The summed E-state index contributed by atoms with van der Waals surface area (Å²) < 4.78 is 7.17. The Balaban J connectivity index is 1.55. The Hall–Kier alpha value is -4.97. The molecule has 1 N–H and O–H groups in total. The number of benzene rings is 4. The van der Waals surface area contributed by atoms with Crippen molar-refractivity contribution in [2.75, 3.05) is 5.32 Å². The third-order valence-corrected chi connectivity index (χ3v) is 5.88. The fourth-order valence-corrected chi connectivity index (χ4v) is 4.10. The van der Waals surface area contributed by atoms with E-state index in [1.54, 1.807) is 24.3 Å².